The van der Waals surface area contributed by atoms with Gasteiger partial charge in [-0.2, -0.15) is 5.43 Å². The van der Waals surface area contributed by atoms with Crippen LogP contribution in [-0.2, 0) is 0 Å². The molecule has 0 aromatic rings. The number of hydrazine groups is 1. The quantitative estimate of drug-likeness (QED) is 0.404. The Kier molecular flexibility index (Phi) is 2.31. The molecule has 0 fully saturated rings. The van der Waals surface area contributed by atoms with E-state index in [1.165, 1.54) is 6.34 Å². The van der Waals surface area contributed by atoms with Crippen molar-refractivity contribution in [3.05, 3.63) is 5.21 Å². The van der Waals surface area contributed by atoms with Crippen LogP contribution in [0.25, 0.3) is 0 Å². The highest BCUT2D eigenvalue weighted by Gasteiger charge is 2.25. The van der Waals surface area contributed by atoms with Gasteiger partial charge in [0.1, 0.15) is 0 Å². The fraction of sp³-hybridized carbons (Fsp3) is 0.833. The number of aliphatic hydroxyl groups is 1. The third-order valence-electron chi connectivity index (χ3n) is 1.85. The van der Waals surface area contributed by atoms with Gasteiger partial charge in [-0.25, -0.2) is 0 Å². The number of nitrogens with zero attached hydrogens (tertiary/aromatic N) is 2. The summed E-state index contributed by atoms with van der Waals surface area (Å²) < 4.78 is 0.777. The van der Waals surface area contributed by atoms with Crippen molar-refractivity contribution >= 4 is 6.34 Å². The second-order valence-corrected chi connectivity index (χ2v) is 2.77. The molecule has 1 aliphatic rings. The molecule has 2 atom stereocenters. The lowest BCUT2D eigenvalue weighted by Crippen LogP contribution is -2.45. The van der Waals surface area contributed by atoms with Crippen molar-refractivity contribution in [1.82, 2.24) is 10.4 Å². The number of hydrogen-bond acceptors (Lipinski definition) is 4. The monoisotopic (exact) mass is 159 g/mol. The largest absolute Gasteiger partial charge is 0.714 e. The summed E-state index contributed by atoms with van der Waals surface area (Å²) in [5.74, 6) is 0. The molecule has 1 heterocycles. The Morgan fingerprint density at radius 3 is 2.73 bits per heavy atom. The highest BCUT2D eigenvalue weighted by molar-refractivity contribution is 5.48. The normalized spacial score (nSPS) is 24.1. The predicted molar refractivity (Wildman–Crippen MR) is 40.7 cm³/mol. The molecule has 0 saturated heterocycles. The Bertz CT molecular complexity index is 169. The zero-order valence-corrected chi connectivity index (χ0v) is 6.69. The van der Waals surface area contributed by atoms with Crippen LogP contribution in [-0.4, -0.2) is 40.0 Å². The van der Waals surface area contributed by atoms with E-state index in [-0.39, 0.29) is 12.7 Å². The lowest BCUT2D eigenvalue weighted by atomic mass is 10.2. The highest BCUT2D eigenvalue weighted by atomic mass is 16.5. The van der Waals surface area contributed by atoms with Crippen LogP contribution >= 0.6 is 0 Å². The SMILES string of the molecule is CC(O)C(C)N1C[N+]([O-])=CN1. The van der Waals surface area contributed by atoms with Gasteiger partial charge in [0.25, 0.3) is 6.34 Å². The van der Waals surface area contributed by atoms with E-state index in [4.69, 9.17) is 5.11 Å². The van der Waals surface area contributed by atoms with Crippen molar-refractivity contribution in [3.63, 3.8) is 0 Å². The molecule has 2 N–H and O–H groups in total. The third kappa shape index (κ3) is 1.81. The Morgan fingerprint density at radius 2 is 2.36 bits per heavy atom. The molecule has 11 heavy (non-hydrogen) atoms. The van der Waals surface area contributed by atoms with Crippen LogP contribution in [0.5, 0.6) is 0 Å². The fourth-order valence-electron chi connectivity index (χ4n) is 0.877. The second-order valence-electron chi connectivity index (χ2n) is 2.77. The summed E-state index contributed by atoms with van der Waals surface area (Å²) in [5.41, 5.74) is 2.75. The van der Waals surface area contributed by atoms with Gasteiger partial charge in [-0.1, -0.05) is 0 Å². The smallest absolute Gasteiger partial charge is 0.254 e. The lowest BCUT2D eigenvalue weighted by Gasteiger charge is -2.21. The molecular formula is C6H13N3O2. The predicted octanol–water partition coefficient (Wildman–Crippen LogP) is -0.928. The fourth-order valence-corrected chi connectivity index (χ4v) is 0.877. The minimum Gasteiger partial charge on any atom is -0.714 e. The average Bonchev–Trinajstić information content (AvgIpc) is 2.34. The summed E-state index contributed by atoms with van der Waals surface area (Å²) in [6, 6.07) is -0.0507. The van der Waals surface area contributed by atoms with Crippen molar-refractivity contribution in [3.8, 4) is 0 Å². The van der Waals surface area contributed by atoms with Gasteiger partial charge in [0.05, 0.1) is 12.1 Å². The molecule has 0 saturated carbocycles. The summed E-state index contributed by atoms with van der Waals surface area (Å²) in [5, 5.41) is 21.5. The summed E-state index contributed by atoms with van der Waals surface area (Å²) in [7, 11) is 0. The van der Waals surface area contributed by atoms with Gasteiger partial charge in [-0.05, 0) is 13.8 Å². The van der Waals surface area contributed by atoms with Gasteiger partial charge in [0, 0.05) is 0 Å². The van der Waals surface area contributed by atoms with E-state index in [0.717, 1.165) is 4.74 Å². The number of rotatable bonds is 2. The molecular weight excluding hydrogens is 146 g/mol. The molecule has 2 unspecified atom stereocenters. The Hall–Kier alpha value is -0.810. The average molecular weight is 159 g/mol. The van der Waals surface area contributed by atoms with E-state index < -0.39 is 6.10 Å². The van der Waals surface area contributed by atoms with Crippen molar-refractivity contribution in [1.29, 1.82) is 0 Å². The summed E-state index contributed by atoms with van der Waals surface area (Å²) >= 11 is 0. The highest BCUT2D eigenvalue weighted by Crippen LogP contribution is 2.02. The van der Waals surface area contributed by atoms with E-state index in [1.807, 2.05) is 6.92 Å². The molecule has 1 aliphatic heterocycles. The van der Waals surface area contributed by atoms with Crippen molar-refractivity contribution < 1.29 is 9.85 Å². The van der Waals surface area contributed by atoms with Crippen LogP contribution in [0.4, 0.5) is 0 Å². The van der Waals surface area contributed by atoms with E-state index in [0.29, 0.717) is 0 Å². The molecule has 0 aromatic heterocycles. The van der Waals surface area contributed by atoms with E-state index in [9.17, 15) is 5.21 Å². The lowest BCUT2D eigenvalue weighted by molar-refractivity contribution is -0.466. The Balaban J connectivity index is 2.40. The molecule has 0 spiro atoms. The van der Waals surface area contributed by atoms with Crippen LogP contribution in [0.15, 0.2) is 0 Å². The van der Waals surface area contributed by atoms with E-state index in [2.05, 4.69) is 5.43 Å². The van der Waals surface area contributed by atoms with Gasteiger partial charge in [-0.3, -0.25) is 4.74 Å². The minimum absolute atomic E-state index is 0.0507. The molecule has 0 aromatic carbocycles. The maximum atomic E-state index is 10.7. The first-order valence-corrected chi connectivity index (χ1v) is 3.59. The number of nitrogens with one attached hydrogen (secondary N) is 1. The number of aliphatic hydroxyl groups excluding tert-OH is 1. The van der Waals surface area contributed by atoms with Gasteiger partial charge < -0.3 is 10.3 Å². The number of hydrogen-bond donors (Lipinski definition) is 2. The molecule has 5 nitrogen and oxygen atoms in total. The molecule has 5 heteroatoms. The molecule has 1 rings (SSSR count). The van der Waals surface area contributed by atoms with Crippen LogP contribution in [0, 0.1) is 5.21 Å². The van der Waals surface area contributed by atoms with Gasteiger partial charge in [0.2, 0.25) is 0 Å². The molecule has 0 bridgehead atoms. The second kappa shape index (κ2) is 3.06. The maximum Gasteiger partial charge on any atom is 0.254 e. The van der Waals surface area contributed by atoms with E-state index in [1.54, 1.807) is 11.9 Å². The van der Waals surface area contributed by atoms with Gasteiger partial charge in [-0.15, -0.1) is 5.01 Å². The summed E-state index contributed by atoms with van der Waals surface area (Å²) in [6.45, 7) is 3.82. The summed E-state index contributed by atoms with van der Waals surface area (Å²) in [4.78, 5) is 0. The van der Waals surface area contributed by atoms with E-state index >= 15 is 0 Å². The maximum absolute atomic E-state index is 10.7. The van der Waals surface area contributed by atoms with Crippen LogP contribution < -0.4 is 5.43 Å². The molecule has 0 radical (unpaired) electrons. The first kappa shape index (κ1) is 8.29. The van der Waals surface area contributed by atoms with Crippen molar-refractivity contribution in [2.75, 3.05) is 6.67 Å². The standard InChI is InChI=1S/C6H13N3O2/c1-5(6(2)10)9-4-8(11)3-7-9/h3,5-7,10H,4H2,1-2H3. The minimum atomic E-state index is -0.442. The number of hydroxylamine groups is 1. The molecule has 0 aliphatic carbocycles. The zero-order chi connectivity index (χ0) is 8.43. The Labute approximate surface area is 65.5 Å². The van der Waals surface area contributed by atoms with Crippen LogP contribution in [0.3, 0.4) is 0 Å². The third-order valence-corrected chi connectivity index (χ3v) is 1.85. The van der Waals surface area contributed by atoms with Crippen LogP contribution in [0.2, 0.25) is 0 Å². The summed E-state index contributed by atoms with van der Waals surface area (Å²) in [6.07, 6.45) is 0.890. The van der Waals surface area contributed by atoms with Crippen LogP contribution in [0.1, 0.15) is 13.8 Å². The zero-order valence-electron chi connectivity index (χ0n) is 6.69. The first-order chi connectivity index (χ1) is 5.11. The van der Waals surface area contributed by atoms with Gasteiger partial charge in [0.15, 0.2) is 6.67 Å². The molecule has 0 amide bonds. The first-order valence-electron chi connectivity index (χ1n) is 3.59. The van der Waals surface area contributed by atoms with Gasteiger partial charge >= 0.3 is 0 Å². The Morgan fingerprint density at radius 1 is 1.73 bits per heavy atom. The molecule has 64 valence electrons. The van der Waals surface area contributed by atoms with Crippen molar-refractivity contribution in [2.45, 2.75) is 26.0 Å². The van der Waals surface area contributed by atoms with Crippen molar-refractivity contribution in [2.24, 2.45) is 0 Å². The topological polar surface area (TPSA) is 61.6 Å².